The van der Waals surface area contributed by atoms with Crippen molar-refractivity contribution in [1.82, 2.24) is 4.57 Å². The number of benzene rings is 2. The number of rotatable bonds is 4. The number of pyridine rings is 1. The first-order valence-corrected chi connectivity index (χ1v) is 8.36. The van der Waals surface area contributed by atoms with Crippen molar-refractivity contribution in [3.8, 4) is 11.3 Å². The molecule has 0 amide bonds. The predicted octanol–water partition coefficient (Wildman–Crippen LogP) is 5.77. The van der Waals surface area contributed by atoms with Crippen molar-refractivity contribution >= 4 is 5.69 Å². The smallest absolute Gasteiger partial charge is 0.313 e. The summed E-state index contributed by atoms with van der Waals surface area (Å²) in [6.45, 7) is 6.98. The quantitative estimate of drug-likeness (QED) is 0.401. The summed E-state index contributed by atoms with van der Waals surface area (Å²) < 4.78 is 68.3. The molecule has 8 heteroatoms. The van der Waals surface area contributed by atoms with Crippen LogP contribution in [0.4, 0.5) is 27.6 Å². The van der Waals surface area contributed by atoms with Gasteiger partial charge in [0.2, 0.25) is 0 Å². The van der Waals surface area contributed by atoms with Gasteiger partial charge in [-0.1, -0.05) is 60.7 Å². The Morgan fingerprint density at radius 3 is 1.97 bits per heavy atom. The summed E-state index contributed by atoms with van der Waals surface area (Å²) in [6.07, 6.45) is -5.95. The Bertz CT molecular complexity index is 1110. The normalized spacial score (nSPS) is 11.9. The molecule has 0 bridgehead atoms. The molecule has 1 aromatic heterocycles. The second-order valence-corrected chi connectivity index (χ2v) is 6.22. The largest absolute Gasteiger partial charge is 0.456 e. The topological polar surface area (TPSA) is 26.4 Å². The van der Waals surface area contributed by atoms with Gasteiger partial charge in [-0.3, -0.25) is 4.79 Å². The Morgan fingerprint density at radius 1 is 0.897 bits per heavy atom. The van der Waals surface area contributed by atoms with Gasteiger partial charge in [0, 0.05) is 17.8 Å². The van der Waals surface area contributed by atoms with Crippen LogP contribution in [0.1, 0.15) is 11.1 Å². The summed E-state index contributed by atoms with van der Waals surface area (Å²) in [5.74, 6) is -5.35. The maximum absolute atomic E-state index is 14.1. The highest BCUT2D eigenvalue weighted by atomic mass is 19.4. The standard InChI is InChI=1S/C21H13F5N2O/c1-27-18-16(20(22,23)21(24,25)26)12-17(15-10-6-3-7-11-15)28(19(18)29)13-14-8-4-2-5-9-14/h2-12H,13H2. The predicted molar refractivity (Wildman–Crippen MR) is 97.9 cm³/mol. The average Bonchev–Trinajstić information content (AvgIpc) is 2.69. The Hall–Kier alpha value is -3.47. The average molecular weight is 404 g/mol. The summed E-state index contributed by atoms with van der Waals surface area (Å²) in [6, 6.07) is 16.8. The van der Waals surface area contributed by atoms with Gasteiger partial charge in [-0.15, -0.1) is 0 Å². The lowest BCUT2D eigenvalue weighted by atomic mass is 10.0. The molecule has 3 nitrogen and oxygen atoms in total. The Morgan fingerprint density at radius 2 is 1.45 bits per heavy atom. The zero-order valence-electron chi connectivity index (χ0n) is 14.8. The van der Waals surface area contributed by atoms with Crippen LogP contribution in [0.5, 0.6) is 0 Å². The van der Waals surface area contributed by atoms with E-state index in [9.17, 15) is 26.7 Å². The summed E-state index contributed by atoms with van der Waals surface area (Å²) in [5, 5.41) is 0. The molecular weight excluding hydrogens is 391 g/mol. The lowest BCUT2D eigenvalue weighted by Crippen LogP contribution is -2.36. The monoisotopic (exact) mass is 404 g/mol. The Labute approximate surface area is 162 Å². The maximum Gasteiger partial charge on any atom is 0.456 e. The molecule has 0 aliphatic carbocycles. The van der Waals surface area contributed by atoms with Crippen LogP contribution in [-0.2, 0) is 12.5 Å². The summed E-state index contributed by atoms with van der Waals surface area (Å²) in [4.78, 5) is 15.6. The third-order valence-electron chi connectivity index (χ3n) is 4.33. The van der Waals surface area contributed by atoms with E-state index in [-0.39, 0.29) is 17.8 Å². The molecule has 0 unspecified atom stereocenters. The number of alkyl halides is 5. The Balaban J connectivity index is 2.34. The highest BCUT2D eigenvalue weighted by molar-refractivity contribution is 5.66. The van der Waals surface area contributed by atoms with E-state index in [0.29, 0.717) is 11.6 Å². The first-order valence-electron chi connectivity index (χ1n) is 8.36. The van der Waals surface area contributed by atoms with Crippen LogP contribution in [-0.4, -0.2) is 10.7 Å². The molecule has 0 atom stereocenters. The third kappa shape index (κ3) is 3.76. The van der Waals surface area contributed by atoms with Crippen LogP contribution in [0.15, 0.2) is 71.5 Å². The molecule has 0 N–H and O–H groups in total. The summed E-state index contributed by atoms with van der Waals surface area (Å²) in [7, 11) is 0. The van der Waals surface area contributed by atoms with Crippen molar-refractivity contribution < 1.29 is 22.0 Å². The molecule has 0 radical (unpaired) electrons. The van der Waals surface area contributed by atoms with E-state index >= 15 is 0 Å². The fraction of sp³-hybridized carbons (Fsp3) is 0.143. The molecule has 0 saturated carbocycles. The minimum Gasteiger partial charge on any atom is -0.313 e. The van der Waals surface area contributed by atoms with Gasteiger partial charge in [0.1, 0.15) is 0 Å². The van der Waals surface area contributed by atoms with Gasteiger partial charge in [-0.2, -0.15) is 22.0 Å². The van der Waals surface area contributed by atoms with Gasteiger partial charge in [-0.25, -0.2) is 4.85 Å². The molecule has 0 aliphatic rings. The molecule has 3 rings (SSSR count). The van der Waals surface area contributed by atoms with Crippen LogP contribution >= 0.6 is 0 Å². The zero-order chi connectivity index (χ0) is 21.2. The molecule has 3 aromatic rings. The molecule has 0 saturated heterocycles. The molecule has 1 heterocycles. The van der Waals surface area contributed by atoms with E-state index in [1.165, 1.54) is 12.1 Å². The van der Waals surface area contributed by atoms with E-state index < -0.39 is 28.9 Å². The molecule has 0 fully saturated rings. The van der Waals surface area contributed by atoms with Crippen LogP contribution in [0.2, 0.25) is 0 Å². The lowest BCUT2D eigenvalue weighted by Gasteiger charge is -2.23. The van der Waals surface area contributed by atoms with Crippen LogP contribution in [0.3, 0.4) is 0 Å². The minimum absolute atomic E-state index is 0.0930. The number of nitrogens with zero attached hydrogens (tertiary/aromatic N) is 2. The van der Waals surface area contributed by atoms with Gasteiger partial charge in [0.25, 0.3) is 11.2 Å². The van der Waals surface area contributed by atoms with Crippen LogP contribution in [0, 0.1) is 6.57 Å². The fourth-order valence-corrected chi connectivity index (χ4v) is 2.91. The molecule has 29 heavy (non-hydrogen) atoms. The number of halogens is 5. The molecule has 0 aliphatic heterocycles. The van der Waals surface area contributed by atoms with Crippen LogP contribution < -0.4 is 5.56 Å². The van der Waals surface area contributed by atoms with E-state index in [2.05, 4.69) is 4.85 Å². The highest BCUT2D eigenvalue weighted by Crippen LogP contribution is 2.47. The molecule has 0 spiro atoms. The van der Waals surface area contributed by atoms with E-state index in [1.54, 1.807) is 48.5 Å². The van der Waals surface area contributed by atoms with E-state index in [1.807, 2.05) is 0 Å². The zero-order valence-corrected chi connectivity index (χ0v) is 14.8. The van der Waals surface area contributed by atoms with Gasteiger partial charge >= 0.3 is 12.1 Å². The molecular formula is C21H13F5N2O. The van der Waals surface area contributed by atoms with E-state index in [0.717, 1.165) is 4.57 Å². The maximum atomic E-state index is 14.1. The SMILES string of the molecule is [C-]#[N+]c1c(C(F)(F)C(F)(F)F)cc(-c2ccccc2)n(Cc2ccccc2)c1=O. The van der Waals surface area contributed by atoms with Gasteiger partial charge < -0.3 is 4.57 Å². The van der Waals surface area contributed by atoms with Gasteiger partial charge in [-0.05, 0) is 17.2 Å². The lowest BCUT2D eigenvalue weighted by molar-refractivity contribution is -0.289. The number of hydrogen-bond acceptors (Lipinski definition) is 1. The first kappa shape index (κ1) is 20.3. The van der Waals surface area contributed by atoms with Gasteiger partial charge in [0.05, 0.1) is 6.57 Å². The minimum atomic E-state index is -5.95. The van der Waals surface area contributed by atoms with Gasteiger partial charge in [0.15, 0.2) is 0 Å². The van der Waals surface area contributed by atoms with Crippen LogP contribution in [0.25, 0.3) is 16.1 Å². The van der Waals surface area contributed by atoms with Crippen molar-refractivity contribution in [3.63, 3.8) is 0 Å². The van der Waals surface area contributed by atoms with E-state index in [4.69, 9.17) is 6.57 Å². The summed E-state index contributed by atoms with van der Waals surface area (Å²) in [5.41, 5.74) is -3.33. The van der Waals surface area contributed by atoms with Crippen molar-refractivity contribution in [2.75, 3.05) is 0 Å². The second kappa shape index (κ2) is 7.51. The van der Waals surface area contributed by atoms with Crippen molar-refractivity contribution in [1.29, 1.82) is 0 Å². The second-order valence-electron chi connectivity index (χ2n) is 6.22. The number of aromatic nitrogens is 1. The first-order chi connectivity index (χ1) is 13.7. The molecule has 2 aromatic carbocycles. The van der Waals surface area contributed by atoms with Crippen molar-refractivity contribution in [2.24, 2.45) is 0 Å². The highest BCUT2D eigenvalue weighted by Gasteiger charge is 2.60. The molecule has 148 valence electrons. The van der Waals surface area contributed by atoms with Crippen molar-refractivity contribution in [3.05, 3.63) is 99.6 Å². The Kier molecular flexibility index (Phi) is 5.25. The fourth-order valence-electron chi connectivity index (χ4n) is 2.91. The summed E-state index contributed by atoms with van der Waals surface area (Å²) >= 11 is 0. The van der Waals surface area contributed by atoms with Crippen molar-refractivity contribution in [2.45, 2.75) is 18.6 Å². The number of hydrogen-bond donors (Lipinski definition) is 0. The third-order valence-corrected chi connectivity index (χ3v) is 4.33.